The van der Waals surface area contributed by atoms with E-state index in [1.807, 2.05) is 30.3 Å². The largest absolute Gasteiger partial charge is 0.455 e. The van der Waals surface area contributed by atoms with E-state index in [0.29, 0.717) is 5.02 Å². The van der Waals surface area contributed by atoms with Crippen LogP contribution in [0, 0.1) is 0 Å². The summed E-state index contributed by atoms with van der Waals surface area (Å²) in [4.78, 5) is 28.5. The maximum Gasteiger partial charge on any atom is 0.317 e. The van der Waals surface area contributed by atoms with Crippen molar-refractivity contribution in [3.8, 4) is 0 Å². The number of amides is 1. The molecule has 3 rings (SSSR count). The molecule has 1 N–H and O–H groups in total. The fraction of sp³-hybridized carbons (Fsp3) is 0.278. The van der Waals surface area contributed by atoms with Crippen LogP contribution in [0.4, 0.5) is 5.82 Å². The molecule has 1 heterocycles. The van der Waals surface area contributed by atoms with E-state index in [0.717, 1.165) is 24.8 Å². The lowest BCUT2D eigenvalue weighted by Gasteiger charge is -2.39. The fourth-order valence-corrected chi connectivity index (χ4v) is 3.27. The van der Waals surface area contributed by atoms with E-state index in [2.05, 4.69) is 10.3 Å². The summed E-state index contributed by atoms with van der Waals surface area (Å²) in [5.74, 6) is -0.712. The van der Waals surface area contributed by atoms with Crippen LogP contribution in [0.5, 0.6) is 0 Å². The van der Waals surface area contributed by atoms with E-state index in [9.17, 15) is 9.59 Å². The van der Waals surface area contributed by atoms with E-state index in [1.54, 1.807) is 0 Å². The minimum atomic E-state index is -0.641. The normalized spacial score (nSPS) is 15.1. The molecule has 0 aliphatic heterocycles. The van der Waals surface area contributed by atoms with Gasteiger partial charge < -0.3 is 10.1 Å². The maximum absolute atomic E-state index is 12.6. The lowest BCUT2D eigenvalue weighted by atomic mass is 9.64. The molecule has 1 amide bonds. The lowest BCUT2D eigenvalue weighted by Crippen LogP contribution is -2.44. The van der Waals surface area contributed by atoms with Crippen LogP contribution in [-0.4, -0.2) is 23.5 Å². The Hall–Kier alpha value is -2.11. The van der Waals surface area contributed by atoms with Crippen molar-refractivity contribution >= 4 is 40.9 Å². The molecular weight excluding hydrogens is 363 g/mol. The summed E-state index contributed by atoms with van der Waals surface area (Å²) >= 11 is 11.7. The van der Waals surface area contributed by atoms with E-state index in [-0.39, 0.29) is 16.8 Å². The maximum atomic E-state index is 12.6. The first-order valence-electron chi connectivity index (χ1n) is 7.85. The molecule has 1 aliphatic carbocycles. The first-order chi connectivity index (χ1) is 12.0. The molecule has 7 heteroatoms. The molecule has 25 heavy (non-hydrogen) atoms. The third kappa shape index (κ3) is 3.78. The van der Waals surface area contributed by atoms with Gasteiger partial charge >= 0.3 is 5.97 Å². The van der Waals surface area contributed by atoms with Gasteiger partial charge in [-0.1, -0.05) is 60.0 Å². The number of ether oxygens (including phenoxy) is 1. The van der Waals surface area contributed by atoms with Crippen molar-refractivity contribution in [3.63, 3.8) is 0 Å². The monoisotopic (exact) mass is 378 g/mol. The van der Waals surface area contributed by atoms with Gasteiger partial charge in [-0.25, -0.2) is 4.98 Å². The molecule has 1 aromatic heterocycles. The summed E-state index contributed by atoms with van der Waals surface area (Å²) in [5, 5.41) is 3.08. The first-order valence-corrected chi connectivity index (χ1v) is 8.60. The topological polar surface area (TPSA) is 68.3 Å². The highest BCUT2D eigenvalue weighted by molar-refractivity contribution is 6.36. The molecule has 0 saturated heterocycles. The molecule has 0 atom stereocenters. The predicted octanol–water partition coefficient (Wildman–Crippen LogP) is 3.99. The number of pyridine rings is 1. The van der Waals surface area contributed by atoms with Gasteiger partial charge in [0.1, 0.15) is 0 Å². The minimum absolute atomic E-state index is 0.175. The molecular formula is C18H16Cl2N2O3. The highest BCUT2D eigenvalue weighted by Crippen LogP contribution is 2.44. The average Bonchev–Trinajstić information content (AvgIpc) is 2.55. The summed E-state index contributed by atoms with van der Waals surface area (Å²) in [6.07, 6.45) is 3.78. The lowest BCUT2D eigenvalue weighted by molar-refractivity contribution is -0.156. The smallest absolute Gasteiger partial charge is 0.317 e. The number of anilines is 1. The van der Waals surface area contributed by atoms with Crippen LogP contribution in [-0.2, 0) is 19.7 Å². The Morgan fingerprint density at radius 2 is 1.92 bits per heavy atom. The summed E-state index contributed by atoms with van der Waals surface area (Å²) in [6.45, 7) is -0.395. The molecule has 1 saturated carbocycles. The second-order valence-electron chi connectivity index (χ2n) is 5.91. The highest BCUT2D eigenvalue weighted by atomic mass is 35.5. The Bertz CT molecular complexity index is 792. The number of halogens is 2. The standard InChI is InChI=1S/C18H16Cl2N2O3/c19-13-9-14(20)16(21-10-13)22-15(23)11-25-17(24)18(7-4-8-18)12-5-2-1-3-6-12/h1-3,5-6,9-10H,4,7-8,11H2,(H,21,22,23). The molecule has 0 radical (unpaired) electrons. The number of benzene rings is 1. The Labute approximate surface area is 155 Å². The van der Waals surface area contributed by atoms with Gasteiger partial charge in [-0.2, -0.15) is 0 Å². The third-order valence-corrected chi connectivity index (χ3v) is 4.82. The van der Waals surface area contributed by atoms with Crippen LogP contribution in [0.3, 0.4) is 0 Å². The van der Waals surface area contributed by atoms with Crippen molar-refractivity contribution in [2.75, 3.05) is 11.9 Å². The SMILES string of the molecule is O=C(COC(=O)C1(c2ccccc2)CCC1)Nc1ncc(Cl)cc1Cl. The minimum Gasteiger partial charge on any atom is -0.455 e. The highest BCUT2D eigenvalue weighted by Gasteiger charge is 2.47. The van der Waals surface area contributed by atoms with Crippen LogP contribution in [0.25, 0.3) is 0 Å². The molecule has 0 unspecified atom stereocenters. The number of nitrogens with one attached hydrogen (secondary N) is 1. The second kappa shape index (κ2) is 7.42. The molecule has 1 aliphatic rings. The van der Waals surface area contributed by atoms with Gasteiger partial charge in [-0.05, 0) is 24.5 Å². The second-order valence-corrected chi connectivity index (χ2v) is 6.75. The van der Waals surface area contributed by atoms with E-state index < -0.39 is 17.9 Å². The van der Waals surface area contributed by atoms with Crippen LogP contribution in [0.1, 0.15) is 24.8 Å². The first kappa shape index (κ1) is 17.7. The van der Waals surface area contributed by atoms with Gasteiger partial charge in [0.05, 0.1) is 15.5 Å². The Balaban J connectivity index is 1.61. The van der Waals surface area contributed by atoms with Crippen molar-refractivity contribution in [2.45, 2.75) is 24.7 Å². The average molecular weight is 379 g/mol. The molecule has 0 bridgehead atoms. The number of esters is 1. The zero-order valence-corrected chi connectivity index (χ0v) is 14.8. The van der Waals surface area contributed by atoms with Gasteiger partial charge in [-0.3, -0.25) is 9.59 Å². The zero-order chi connectivity index (χ0) is 17.9. The van der Waals surface area contributed by atoms with Crippen molar-refractivity contribution in [3.05, 3.63) is 58.2 Å². The number of hydrogen-bond donors (Lipinski definition) is 1. The van der Waals surface area contributed by atoms with Crippen molar-refractivity contribution in [1.29, 1.82) is 0 Å². The summed E-state index contributed by atoms with van der Waals surface area (Å²) in [5.41, 5.74) is 0.284. The zero-order valence-electron chi connectivity index (χ0n) is 13.3. The quantitative estimate of drug-likeness (QED) is 0.798. The Kier molecular flexibility index (Phi) is 5.25. The number of carbonyl (C=O) groups is 2. The molecule has 130 valence electrons. The fourth-order valence-electron chi connectivity index (χ4n) is 2.84. The summed E-state index contributed by atoms with van der Waals surface area (Å²) in [7, 11) is 0. The molecule has 0 spiro atoms. The van der Waals surface area contributed by atoms with Crippen LogP contribution >= 0.6 is 23.2 Å². The van der Waals surface area contributed by atoms with Gasteiger partial charge in [-0.15, -0.1) is 0 Å². The molecule has 2 aromatic rings. The molecule has 5 nitrogen and oxygen atoms in total. The third-order valence-electron chi connectivity index (χ3n) is 4.32. The van der Waals surface area contributed by atoms with E-state index >= 15 is 0 Å². The van der Waals surface area contributed by atoms with Crippen LogP contribution < -0.4 is 5.32 Å². The predicted molar refractivity (Wildman–Crippen MR) is 95.8 cm³/mol. The number of carbonyl (C=O) groups excluding carboxylic acids is 2. The number of rotatable bonds is 5. The van der Waals surface area contributed by atoms with Crippen LogP contribution in [0.15, 0.2) is 42.6 Å². The van der Waals surface area contributed by atoms with Crippen LogP contribution in [0.2, 0.25) is 10.0 Å². The van der Waals surface area contributed by atoms with Crippen molar-refractivity contribution < 1.29 is 14.3 Å². The number of aromatic nitrogens is 1. The van der Waals surface area contributed by atoms with Crippen molar-refractivity contribution in [2.24, 2.45) is 0 Å². The van der Waals surface area contributed by atoms with E-state index in [4.69, 9.17) is 27.9 Å². The van der Waals surface area contributed by atoms with E-state index in [1.165, 1.54) is 12.3 Å². The molecule has 1 aromatic carbocycles. The Morgan fingerprint density at radius 3 is 2.52 bits per heavy atom. The Morgan fingerprint density at radius 1 is 1.20 bits per heavy atom. The van der Waals surface area contributed by atoms with Gasteiger partial charge in [0.25, 0.3) is 5.91 Å². The summed E-state index contributed by atoms with van der Waals surface area (Å²) < 4.78 is 5.25. The molecule has 1 fully saturated rings. The number of nitrogens with zero attached hydrogens (tertiary/aromatic N) is 1. The van der Waals surface area contributed by atoms with Crippen molar-refractivity contribution in [1.82, 2.24) is 4.98 Å². The van der Waals surface area contributed by atoms with Gasteiger partial charge in [0.2, 0.25) is 0 Å². The van der Waals surface area contributed by atoms with Gasteiger partial charge in [0.15, 0.2) is 12.4 Å². The van der Waals surface area contributed by atoms with Gasteiger partial charge in [0, 0.05) is 6.20 Å². The number of hydrogen-bond acceptors (Lipinski definition) is 4. The summed E-state index contributed by atoms with van der Waals surface area (Å²) in [6, 6.07) is 11.0.